The first-order valence-corrected chi connectivity index (χ1v) is 6.65. The van der Waals surface area contributed by atoms with Gasteiger partial charge in [-0.2, -0.15) is 0 Å². The van der Waals surface area contributed by atoms with Gasteiger partial charge in [-0.15, -0.1) is 0 Å². The van der Waals surface area contributed by atoms with Crippen LogP contribution in [0.25, 0.3) is 0 Å². The number of aromatic amines is 1. The van der Waals surface area contributed by atoms with E-state index in [1.165, 1.54) is 13.1 Å². The van der Waals surface area contributed by atoms with E-state index in [1.54, 1.807) is 6.07 Å². The number of carbonyl (C=O) groups excluding carboxylic acids is 2. The molecule has 2 rings (SSSR count). The van der Waals surface area contributed by atoms with Gasteiger partial charge in [-0.25, -0.2) is 0 Å². The third-order valence-corrected chi connectivity index (χ3v) is 3.96. The number of H-pyrrole nitrogens is 1. The number of carbonyl (C=O) groups is 2. The first-order valence-electron chi connectivity index (χ1n) is 6.65. The molecule has 1 fully saturated rings. The lowest BCUT2D eigenvalue weighted by Gasteiger charge is -2.26. The van der Waals surface area contributed by atoms with Crippen LogP contribution in [-0.4, -0.2) is 34.9 Å². The van der Waals surface area contributed by atoms with Crippen LogP contribution < -0.4 is 5.32 Å². The van der Waals surface area contributed by atoms with Gasteiger partial charge in [-0.05, 0) is 25.8 Å². The highest BCUT2D eigenvalue weighted by molar-refractivity contribution is 5.99. The summed E-state index contributed by atoms with van der Waals surface area (Å²) in [5.41, 5.74) is 0.727. The lowest BCUT2D eigenvalue weighted by molar-refractivity contribution is 0.0876. The van der Waals surface area contributed by atoms with Crippen molar-refractivity contribution in [3.05, 3.63) is 23.5 Å². The molecule has 0 aliphatic heterocycles. The summed E-state index contributed by atoms with van der Waals surface area (Å²) >= 11 is 0. The van der Waals surface area contributed by atoms with E-state index in [-0.39, 0.29) is 23.7 Å². The average Bonchev–Trinajstić information content (AvgIpc) is 3.06. The van der Waals surface area contributed by atoms with E-state index >= 15 is 0 Å². The van der Waals surface area contributed by atoms with Crippen molar-refractivity contribution in [1.82, 2.24) is 10.3 Å². The molecule has 1 amide bonds. The molecule has 1 saturated carbocycles. The van der Waals surface area contributed by atoms with Crippen molar-refractivity contribution >= 4 is 11.7 Å². The predicted octanol–water partition coefficient (Wildman–Crippen LogP) is 1.50. The summed E-state index contributed by atoms with van der Waals surface area (Å²) in [5, 5.41) is 12.3. The number of Topliss-reactive ketones (excluding diaryl/α,β-unsaturated/α-hetero) is 1. The van der Waals surface area contributed by atoms with Crippen molar-refractivity contribution in [2.75, 3.05) is 13.2 Å². The standard InChI is InChI=1S/C14H20N2O3/c1-10(18)11-6-12(15-7-11)13(19)16-8-14(9-17)4-2-3-5-14/h6-7,15,17H,2-5,8-9H2,1H3,(H,16,19). The SMILES string of the molecule is CC(=O)c1c[nH]c(C(=O)NCC2(CO)CCCC2)c1. The van der Waals surface area contributed by atoms with Crippen LogP contribution in [0.15, 0.2) is 12.3 Å². The molecular weight excluding hydrogens is 244 g/mol. The Bertz CT molecular complexity index is 473. The molecule has 19 heavy (non-hydrogen) atoms. The maximum absolute atomic E-state index is 12.0. The van der Waals surface area contributed by atoms with Crippen molar-refractivity contribution in [3.63, 3.8) is 0 Å². The fourth-order valence-electron chi connectivity index (χ4n) is 2.61. The van der Waals surface area contributed by atoms with E-state index in [1.807, 2.05) is 0 Å². The number of hydrogen-bond donors (Lipinski definition) is 3. The maximum Gasteiger partial charge on any atom is 0.267 e. The Hall–Kier alpha value is -1.62. The van der Waals surface area contributed by atoms with E-state index in [0.717, 1.165) is 25.7 Å². The molecule has 0 unspecified atom stereocenters. The van der Waals surface area contributed by atoms with Crippen LogP contribution in [0.1, 0.15) is 53.5 Å². The molecule has 1 heterocycles. The Morgan fingerprint density at radius 1 is 1.42 bits per heavy atom. The van der Waals surface area contributed by atoms with Crippen molar-refractivity contribution in [3.8, 4) is 0 Å². The average molecular weight is 264 g/mol. The molecule has 104 valence electrons. The normalized spacial score (nSPS) is 17.4. The second-order valence-corrected chi connectivity index (χ2v) is 5.41. The highest BCUT2D eigenvalue weighted by Crippen LogP contribution is 2.36. The van der Waals surface area contributed by atoms with Crippen molar-refractivity contribution in [1.29, 1.82) is 0 Å². The smallest absolute Gasteiger partial charge is 0.267 e. The Labute approximate surface area is 112 Å². The highest BCUT2D eigenvalue weighted by Gasteiger charge is 2.33. The van der Waals surface area contributed by atoms with E-state index in [9.17, 15) is 14.7 Å². The molecule has 5 nitrogen and oxygen atoms in total. The Morgan fingerprint density at radius 2 is 2.11 bits per heavy atom. The summed E-state index contributed by atoms with van der Waals surface area (Å²) < 4.78 is 0. The minimum Gasteiger partial charge on any atom is -0.396 e. The van der Waals surface area contributed by atoms with Crippen LogP contribution in [0.4, 0.5) is 0 Å². The number of amides is 1. The van der Waals surface area contributed by atoms with Gasteiger partial charge in [-0.1, -0.05) is 12.8 Å². The summed E-state index contributed by atoms with van der Waals surface area (Å²) in [5.74, 6) is -0.301. The lowest BCUT2D eigenvalue weighted by atomic mass is 9.87. The zero-order chi connectivity index (χ0) is 13.9. The van der Waals surface area contributed by atoms with Crippen LogP contribution in [0, 0.1) is 5.41 Å². The Morgan fingerprint density at radius 3 is 2.63 bits per heavy atom. The minimum atomic E-state index is -0.229. The second kappa shape index (κ2) is 5.57. The molecule has 5 heteroatoms. The molecule has 1 aromatic rings. The molecule has 0 radical (unpaired) electrons. The van der Waals surface area contributed by atoms with Crippen LogP contribution in [0.2, 0.25) is 0 Å². The lowest BCUT2D eigenvalue weighted by Crippen LogP contribution is -2.38. The summed E-state index contributed by atoms with van der Waals surface area (Å²) in [6.07, 6.45) is 5.65. The number of hydrogen-bond acceptors (Lipinski definition) is 3. The Balaban J connectivity index is 1.95. The van der Waals surface area contributed by atoms with Crippen LogP contribution in [0.5, 0.6) is 0 Å². The summed E-state index contributed by atoms with van der Waals surface area (Å²) in [6.45, 7) is 2.05. The summed E-state index contributed by atoms with van der Waals surface area (Å²) in [4.78, 5) is 25.9. The number of aromatic nitrogens is 1. The third-order valence-electron chi connectivity index (χ3n) is 3.96. The number of aliphatic hydroxyl groups is 1. The Kier molecular flexibility index (Phi) is 4.04. The van der Waals surface area contributed by atoms with Gasteiger partial charge in [0.2, 0.25) is 0 Å². The van der Waals surface area contributed by atoms with Gasteiger partial charge in [0.1, 0.15) is 5.69 Å². The van der Waals surface area contributed by atoms with Crippen LogP contribution in [-0.2, 0) is 0 Å². The fourth-order valence-corrected chi connectivity index (χ4v) is 2.61. The molecule has 0 bridgehead atoms. The fraction of sp³-hybridized carbons (Fsp3) is 0.571. The molecule has 0 aromatic carbocycles. The van der Waals surface area contributed by atoms with Gasteiger partial charge in [0.05, 0.1) is 6.61 Å². The first kappa shape index (κ1) is 13.8. The van der Waals surface area contributed by atoms with Gasteiger partial charge in [0.15, 0.2) is 5.78 Å². The van der Waals surface area contributed by atoms with Gasteiger partial charge in [0.25, 0.3) is 5.91 Å². The monoisotopic (exact) mass is 264 g/mol. The van der Waals surface area contributed by atoms with Crippen LogP contribution >= 0.6 is 0 Å². The molecular formula is C14H20N2O3. The largest absolute Gasteiger partial charge is 0.396 e. The number of nitrogens with one attached hydrogen (secondary N) is 2. The van der Waals surface area contributed by atoms with Crippen molar-refractivity contribution in [2.45, 2.75) is 32.6 Å². The molecule has 3 N–H and O–H groups in total. The molecule has 0 saturated heterocycles. The predicted molar refractivity (Wildman–Crippen MR) is 71.1 cm³/mol. The third kappa shape index (κ3) is 3.04. The van der Waals surface area contributed by atoms with E-state index in [2.05, 4.69) is 10.3 Å². The van der Waals surface area contributed by atoms with Crippen LogP contribution in [0.3, 0.4) is 0 Å². The molecule has 1 aliphatic rings. The van der Waals surface area contributed by atoms with Gasteiger partial charge in [0, 0.05) is 23.7 Å². The maximum atomic E-state index is 12.0. The highest BCUT2D eigenvalue weighted by atomic mass is 16.3. The van der Waals surface area contributed by atoms with E-state index in [4.69, 9.17) is 0 Å². The summed E-state index contributed by atoms with van der Waals surface area (Å²) in [7, 11) is 0. The van der Waals surface area contributed by atoms with E-state index < -0.39 is 0 Å². The van der Waals surface area contributed by atoms with Crippen molar-refractivity contribution < 1.29 is 14.7 Å². The first-order chi connectivity index (χ1) is 9.06. The van der Waals surface area contributed by atoms with Gasteiger partial charge < -0.3 is 15.4 Å². The number of ketones is 1. The summed E-state index contributed by atoms with van der Waals surface area (Å²) in [6, 6.07) is 1.55. The number of aliphatic hydroxyl groups excluding tert-OH is 1. The molecule has 0 atom stereocenters. The van der Waals surface area contributed by atoms with Gasteiger partial charge in [-0.3, -0.25) is 9.59 Å². The van der Waals surface area contributed by atoms with E-state index in [0.29, 0.717) is 17.8 Å². The zero-order valence-electron chi connectivity index (χ0n) is 11.2. The van der Waals surface area contributed by atoms with Crippen molar-refractivity contribution in [2.24, 2.45) is 5.41 Å². The number of rotatable bonds is 5. The molecule has 0 spiro atoms. The zero-order valence-corrected chi connectivity index (χ0v) is 11.2. The molecule has 1 aromatic heterocycles. The molecule has 1 aliphatic carbocycles. The van der Waals surface area contributed by atoms with Gasteiger partial charge >= 0.3 is 0 Å². The quantitative estimate of drug-likeness (QED) is 0.705. The minimum absolute atomic E-state index is 0.0714. The topological polar surface area (TPSA) is 82.2 Å². The second-order valence-electron chi connectivity index (χ2n) is 5.41.